The highest BCUT2D eigenvalue weighted by Gasteiger charge is 2.13. The Morgan fingerprint density at radius 2 is 1.64 bits per heavy atom. The summed E-state index contributed by atoms with van der Waals surface area (Å²) in [4.78, 5) is 11.0. The first kappa shape index (κ1) is 14.2. The Morgan fingerprint density at radius 1 is 1.00 bits per heavy atom. The minimum atomic E-state index is -0.465. The van der Waals surface area contributed by atoms with Gasteiger partial charge in [-0.25, -0.2) is 0 Å². The zero-order valence-corrected chi connectivity index (χ0v) is 12.3. The second-order valence-electron chi connectivity index (χ2n) is 4.59. The van der Waals surface area contributed by atoms with Crippen molar-refractivity contribution in [3.05, 3.63) is 48.0 Å². The molecule has 4 N–H and O–H groups in total. The number of nitrogens with two attached hydrogens (primary N) is 1. The van der Waals surface area contributed by atoms with Gasteiger partial charge < -0.3 is 25.8 Å². The maximum absolute atomic E-state index is 11.0. The van der Waals surface area contributed by atoms with Gasteiger partial charge in [0.2, 0.25) is 12.7 Å². The molecular formula is C15H13N3O3S. The van der Waals surface area contributed by atoms with E-state index in [-0.39, 0.29) is 6.79 Å². The molecule has 0 saturated carbocycles. The van der Waals surface area contributed by atoms with Crippen LogP contribution in [0.25, 0.3) is 0 Å². The number of benzene rings is 2. The van der Waals surface area contributed by atoms with Crippen LogP contribution in [0.3, 0.4) is 0 Å². The van der Waals surface area contributed by atoms with Crippen LogP contribution in [-0.2, 0) is 0 Å². The zero-order chi connectivity index (χ0) is 15.5. The molecule has 0 aliphatic carbocycles. The molecular weight excluding hydrogens is 302 g/mol. The predicted octanol–water partition coefficient (Wildman–Crippen LogP) is 2.32. The number of primary amides is 1. The van der Waals surface area contributed by atoms with Gasteiger partial charge in [-0.3, -0.25) is 4.79 Å². The summed E-state index contributed by atoms with van der Waals surface area (Å²) in [5.74, 6) is 0.928. The fourth-order valence-electron chi connectivity index (χ4n) is 1.99. The number of nitrogens with one attached hydrogen (secondary N) is 2. The SMILES string of the molecule is NC(=O)c1ccc(NC(=S)Nc2ccc3c(c2)OCO3)cc1. The van der Waals surface area contributed by atoms with Crippen molar-refractivity contribution >= 4 is 34.6 Å². The van der Waals surface area contributed by atoms with E-state index in [0.29, 0.717) is 22.2 Å². The lowest BCUT2D eigenvalue weighted by atomic mass is 10.2. The maximum atomic E-state index is 11.0. The molecule has 0 fully saturated rings. The van der Waals surface area contributed by atoms with Gasteiger partial charge in [-0.1, -0.05) is 0 Å². The van der Waals surface area contributed by atoms with Crippen LogP contribution < -0.4 is 25.8 Å². The predicted molar refractivity (Wildman–Crippen MR) is 87.4 cm³/mol. The van der Waals surface area contributed by atoms with Crippen molar-refractivity contribution in [3.8, 4) is 11.5 Å². The Bertz CT molecular complexity index is 731. The lowest BCUT2D eigenvalue weighted by Gasteiger charge is -2.11. The molecule has 1 amide bonds. The molecule has 1 aliphatic rings. The molecule has 112 valence electrons. The second kappa shape index (κ2) is 5.90. The highest BCUT2D eigenvalue weighted by Crippen LogP contribution is 2.34. The average Bonchev–Trinajstić information content (AvgIpc) is 2.95. The van der Waals surface area contributed by atoms with Gasteiger partial charge in [0.1, 0.15) is 0 Å². The Kier molecular flexibility index (Phi) is 3.80. The number of hydrogen-bond donors (Lipinski definition) is 3. The number of hydrogen-bond acceptors (Lipinski definition) is 4. The van der Waals surface area contributed by atoms with E-state index in [2.05, 4.69) is 10.6 Å². The summed E-state index contributed by atoms with van der Waals surface area (Å²) < 4.78 is 10.6. The van der Waals surface area contributed by atoms with E-state index in [1.807, 2.05) is 18.2 Å². The van der Waals surface area contributed by atoms with Crippen LogP contribution in [0.2, 0.25) is 0 Å². The fraction of sp³-hybridized carbons (Fsp3) is 0.0667. The summed E-state index contributed by atoms with van der Waals surface area (Å²) in [6, 6.07) is 12.2. The number of fused-ring (bicyclic) bond motifs is 1. The minimum absolute atomic E-state index is 0.230. The van der Waals surface area contributed by atoms with Crippen LogP contribution in [0.1, 0.15) is 10.4 Å². The number of amides is 1. The van der Waals surface area contributed by atoms with E-state index < -0.39 is 5.91 Å². The number of rotatable bonds is 3. The highest BCUT2D eigenvalue weighted by atomic mass is 32.1. The van der Waals surface area contributed by atoms with Crippen LogP contribution in [0, 0.1) is 0 Å². The topological polar surface area (TPSA) is 85.6 Å². The standard InChI is InChI=1S/C15H13N3O3S/c16-14(19)9-1-3-10(4-2-9)17-15(22)18-11-5-6-12-13(7-11)21-8-20-12/h1-7H,8H2,(H2,16,19)(H2,17,18,22). The number of anilines is 2. The van der Waals surface area contributed by atoms with Crippen LogP contribution >= 0.6 is 12.2 Å². The van der Waals surface area contributed by atoms with Crippen LogP contribution in [0.15, 0.2) is 42.5 Å². The zero-order valence-electron chi connectivity index (χ0n) is 11.5. The maximum Gasteiger partial charge on any atom is 0.248 e. The third-order valence-corrected chi connectivity index (χ3v) is 3.26. The number of carbonyl (C=O) groups excluding carboxylic acids is 1. The second-order valence-corrected chi connectivity index (χ2v) is 5.00. The van der Waals surface area contributed by atoms with Crippen molar-refractivity contribution in [1.82, 2.24) is 0 Å². The number of thiocarbonyl (C=S) groups is 1. The van der Waals surface area contributed by atoms with Gasteiger partial charge >= 0.3 is 0 Å². The summed E-state index contributed by atoms with van der Waals surface area (Å²) in [5.41, 5.74) is 7.18. The molecule has 0 radical (unpaired) electrons. The number of carbonyl (C=O) groups is 1. The first-order chi connectivity index (χ1) is 10.6. The van der Waals surface area contributed by atoms with E-state index >= 15 is 0 Å². The fourth-order valence-corrected chi connectivity index (χ4v) is 2.22. The Hall–Kier alpha value is -2.80. The van der Waals surface area contributed by atoms with E-state index in [9.17, 15) is 4.79 Å². The first-order valence-corrected chi connectivity index (χ1v) is 6.90. The number of ether oxygens (including phenoxy) is 2. The summed E-state index contributed by atoms with van der Waals surface area (Å²) in [6.07, 6.45) is 0. The van der Waals surface area contributed by atoms with Crippen molar-refractivity contribution in [2.45, 2.75) is 0 Å². The summed E-state index contributed by atoms with van der Waals surface area (Å²) in [7, 11) is 0. The Morgan fingerprint density at radius 3 is 2.36 bits per heavy atom. The van der Waals surface area contributed by atoms with Crippen molar-refractivity contribution in [2.24, 2.45) is 5.73 Å². The monoisotopic (exact) mass is 315 g/mol. The Labute approximate surface area is 132 Å². The van der Waals surface area contributed by atoms with Gasteiger partial charge in [0.25, 0.3) is 0 Å². The average molecular weight is 315 g/mol. The smallest absolute Gasteiger partial charge is 0.248 e. The molecule has 1 aliphatic heterocycles. The summed E-state index contributed by atoms with van der Waals surface area (Å²) >= 11 is 5.24. The lowest BCUT2D eigenvalue weighted by Crippen LogP contribution is -2.19. The van der Waals surface area contributed by atoms with Gasteiger partial charge in [-0.15, -0.1) is 0 Å². The van der Waals surface area contributed by atoms with Gasteiger partial charge in [0.05, 0.1) is 0 Å². The third-order valence-electron chi connectivity index (χ3n) is 3.06. The molecule has 0 saturated heterocycles. The largest absolute Gasteiger partial charge is 0.454 e. The van der Waals surface area contributed by atoms with E-state index in [1.54, 1.807) is 24.3 Å². The van der Waals surface area contributed by atoms with Gasteiger partial charge in [0, 0.05) is 23.0 Å². The molecule has 22 heavy (non-hydrogen) atoms. The molecule has 3 rings (SSSR count). The van der Waals surface area contributed by atoms with Crippen LogP contribution in [0.4, 0.5) is 11.4 Å². The van der Waals surface area contributed by atoms with Crippen LogP contribution in [0.5, 0.6) is 11.5 Å². The molecule has 2 aromatic carbocycles. The molecule has 7 heteroatoms. The lowest BCUT2D eigenvalue weighted by molar-refractivity contribution is 0.100. The molecule has 1 heterocycles. The van der Waals surface area contributed by atoms with E-state index in [0.717, 1.165) is 11.4 Å². The quantitative estimate of drug-likeness (QED) is 0.754. The van der Waals surface area contributed by atoms with Crippen molar-refractivity contribution < 1.29 is 14.3 Å². The molecule has 0 unspecified atom stereocenters. The first-order valence-electron chi connectivity index (χ1n) is 6.49. The molecule has 0 aromatic heterocycles. The van der Waals surface area contributed by atoms with Crippen molar-refractivity contribution in [1.29, 1.82) is 0 Å². The minimum Gasteiger partial charge on any atom is -0.454 e. The van der Waals surface area contributed by atoms with E-state index in [4.69, 9.17) is 27.4 Å². The van der Waals surface area contributed by atoms with Crippen molar-refractivity contribution in [2.75, 3.05) is 17.4 Å². The molecule has 6 nitrogen and oxygen atoms in total. The molecule has 0 atom stereocenters. The summed E-state index contributed by atoms with van der Waals surface area (Å²) in [6.45, 7) is 0.230. The normalized spacial score (nSPS) is 11.8. The molecule has 0 spiro atoms. The highest BCUT2D eigenvalue weighted by molar-refractivity contribution is 7.80. The van der Waals surface area contributed by atoms with Gasteiger partial charge in [0.15, 0.2) is 16.6 Å². The third kappa shape index (κ3) is 3.09. The molecule has 0 bridgehead atoms. The van der Waals surface area contributed by atoms with Crippen molar-refractivity contribution in [3.63, 3.8) is 0 Å². The Balaban J connectivity index is 1.63. The summed E-state index contributed by atoms with van der Waals surface area (Å²) in [5, 5.41) is 6.49. The van der Waals surface area contributed by atoms with E-state index in [1.165, 1.54) is 0 Å². The van der Waals surface area contributed by atoms with Crippen LogP contribution in [-0.4, -0.2) is 17.8 Å². The molecule has 2 aromatic rings. The van der Waals surface area contributed by atoms with Gasteiger partial charge in [-0.2, -0.15) is 0 Å². The van der Waals surface area contributed by atoms with Gasteiger partial charge in [-0.05, 0) is 48.6 Å².